The van der Waals surface area contributed by atoms with Crippen LogP contribution in [-0.4, -0.2) is 59.2 Å². The summed E-state index contributed by atoms with van der Waals surface area (Å²) in [4.78, 5) is 52.7. The highest BCUT2D eigenvalue weighted by molar-refractivity contribution is 6.16. The summed E-state index contributed by atoms with van der Waals surface area (Å²) < 4.78 is 11.0. The molecule has 0 aromatic heterocycles. The molecule has 2 aliphatic rings. The number of nitrogens with two attached hydrogens (primary N) is 1. The van der Waals surface area contributed by atoms with Crippen molar-refractivity contribution in [2.75, 3.05) is 23.8 Å². The molecule has 2 aromatic carbocycles. The van der Waals surface area contributed by atoms with Crippen LogP contribution in [0.5, 0.6) is 5.75 Å². The topological polar surface area (TPSA) is 164 Å². The van der Waals surface area contributed by atoms with Crippen molar-refractivity contribution in [3.05, 3.63) is 53.6 Å². The van der Waals surface area contributed by atoms with Gasteiger partial charge in [0.15, 0.2) is 0 Å². The molecule has 5 N–H and O–H groups in total. The van der Waals surface area contributed by atoms with Gasteiger partial charge in [-0.2, -0.15) is 0 Å². The van der Waals surface area contributed by atoms with Crippen molar-refractivity contribution in [1.29, 1.82) is 5.41 Å². The van der Waals surface area contributed by atoms with Crippen molar-refractivity contribution in [3.8, 4) is 5.75 Å². The third-order valence-corrected chi connectivity index (χ3v) is 6.17. The molecule has 0 unspecified atom stereocenters. The van der Waals surface area contributed by atoms with Crippen LogP contribution < -0.4 is 21.1 Å². The van der Waals surface area contributed by atoms with E-state index in [1.165, 1.54) is 17.9 Å². The van der Waals surface area contributed by atoms with E-state index >= 15 is 0 Å². The molecule has 36 heavy (non-hydrogen) atoms. The lowest BCUT2D eigenvalue weighted by molar-refractivity contribution is -0.162. The number of fused-ring (bicyclic) bond motifs is 1. The summed E-state index contributed by atoms with van der Waals surface area (Å²) >= 11 is 0. The van der Waals surface area contributed by atoms with Gasteiger partial charge in [-0.05, 0) is 51.0 Å². The van der Waals surface area contributed by atoms with Crippen LogP contribution >= 0.6 is 0 Å². The van der Waals surface area contributed by atoms with E-state index in [2.05, 4.69) is 10.6 Å². The second-order valence-corrected chi connectivity index (χ2v) is 8.65. The van der Waals surface area contributed by atoms with Crippen molar-refractivity contribution in [2.24, 2.45) is 5.73 Å². The first-order valence-corrected chi connectivity index (χ1v) is 11.5. The molecule has 0 saturated carbocycles. The zero-order valence-corrected chi connectivity index (χ0v) is 19.9. The number of esters is 1. The SMILES string of the molecule is CCOC(=O)[C@@H]1CCCN1C(=O)[C@@]1(C)Oc2cc(NC(=O)c3ccc(C(=N)N)cc3)ccc2NC1=O. The Balaban J connectivity index is 1.53. The van der Waals surface area contributed by atoms with E-state index in [0.29, 0.717) is 41.9 Å². The molecule has 2 aliphatic heterocycles. The molecule has 2 aromatic rings. The van der Waals surface area contributed by atoms with Crippen LogP contribution in [0.2, 0.25) is 0 Å². The number of nitrogen functional groups attached to an aromatic ring is 1. The van der Waals surface area contributed by atoms with Gasteiger partial charge in [-0.25, -0.2) is 4.79 Å². The van der Waals surface area contributed by atoms with Crippen molar-refractivity contribution >= 4 is 40.9 Å². The smallest absolute Gasteiger partial charge is 0.328 e. The van der Waals surface area contributed by atoms with Crippen molar-refractivity contribution < 1.29 is 28.7 Å². The summed E-state index contributed by atoms with van der Waals surface area (Å²) in [5.74, 6) is -2.11. The molecule has 11 heteroatoms. The number of rotatable bonds is 6. The molecule has 188 valence electrons. The minimum atomic E-state index is -1.91. The normalized spacial score (nSPS) is 20.6. The Morgan fingerprint density at radius 3 is 2.58 bits per heavy atom. The number of benzene rings is 2. The van der Waals surface area contributed by atoms with Crippen LogP contribution in [0.15, 0.2) is 42.5 Å². The van der Waals surface area contributed by atoms with Gasteiger partial charge in [0.2, 0.25) is 0 Å². The van der Waals surface area contributed by atoms with Crippen LogP contribution in [0.4, 0.5) is 11.4 Å². The van der Waals surface area contributed by atoms with Gasteiger partial charge in [0.1, 0.15) is 17.6 Å². The quantitative estimate of drug-likeness (QED) is 0.206. The van der Waals surface area contributed by atoms with Crippen molar-refractivity contribution in [2.45, 2.75) is 38.3 Å². The fourth-order valence-electron chi connectivity index (χ4n) is 4.21. The van der Waals surface area contributed by atoms with Crippen molar-refractivity contribution in [3.63, 3.8) is 0 Å². The highest BCUT2D eigenvalue weighted by Crippen LogP contribution is 2.37. The first-order valence-electron chi connectivity index (χ1n) is 11.5. The predicted molar refractivity (Wildman–Crippen MR) is 131 cm³/mol. The van der Waals surface area contributed by atoms with Crippen LogP contribution in [0.3, 0.4) is 0 Å². The van der Waals surface area contributed by atoms with Gasteiger partial charge in [-0.15, -0.1) is 0 Å². The first-order chi connectivity index (χ1) is 17.1. The van der Waals surface area contributed by atoms with Crippen LogP contribution in [-0.2, 0) is 19.1 Å². The highest BCUT2D eigenvalue weighted by atomic mass is 16.5. The Morgan fingerprint density at radius 2 is 1.92 bits per heavy atom. The minimum Gasteiger partial charge on any atom is -0.465 e. The van der Waals surface area contributed by atoms with Crippen LogP contribution in [0.1, 0.15) is 42.6 Å². The van der Waals surface area contributed by atoms with Gasteiger partial charge in [0, 0.05) is 29.4 Å². The standard InChI is InChI=1S/C25H27N5O6/c1-3-35-22(32)18-5-4-12-30(18)24(34)25(2)23(33)29-17-11-10-16(13-19(17)36-25)28-21(31)15-8-6-14(7-9-15)20(26)27/h6-11,13,18H,3-5,12H2,1-2H3,(H3,26,27)(H,28,31)(H,29,33)/t18-,25-/m0/s1. The Hall–Kier alpha value is -4.41. The lowest BCUT2D eigenvalue weighted by Crippen LogP contribution is -2.61. The number of hydrogen-bond acceptors (Lipinski definition) is 7. The highest BCUT2D eigenvalue weighted by Gasteiger charge is 2.52. The molecule has 2 atom stereocenters. The number of nitrogens with zero attached hydrogens (tertiary/aromatic N) is 1. The fraction of sp³-hybridized carbons (Fsp3) is 0.320. The average molecular weight is 494 g/mol. The van der Waals surface area contributed by atoms with Gasteiger partial charge in [-0.3, -0.25) is 19.8 Å². The molecule has 4 rings (SSSR count). The van der Waals surface area contributed by atoms with Gasteiger partial charge in [0.05, 0.1) is 12.3 Å². The zero-order valence-electron chi connectivity index (χ0n) is 19.9. The summed E-state index contributed by atoms with van der Waals surface area (Å²) in [7, 11) is 0. The van der Waals surface area contributed by atoms with Crippen LogP contribution in [0, 0.1) is 5.41 Å². The molecule has 11 nitrogen and oxygen atoms in total. The number of ether oxygens (including phenoxy) is 2. The third-order valence-electron chi connectivity index (χ3n) is 6.17. The Morgan fingerprint density at radius 1 is 1.22 bits per heavy atom. The maximum Gasteiger partial charge on any atom is 0.328 e. The lowest BCUT2D eigenvalue weighted by atomic mass is 10.00. The van der Waals surface area contributed by atoms with E-state index in [9.17, 15) is 19.2 Å². The van der Waals surface area contributed by atoms with Gasteiger partial charge < -0.3 is 30.7 Å². The van der Waals surface area contributed by atoms with Crippen molar-refractivity contribution in [1.82, 2.24) is 4.90 Å². The number of anilines is 2. The van der Waals surface area contributed by atoms with Gasteiger partial charge >= 0.3 is 5.97 Å². The fourth-order valence-corrected chi connectivity index (χ4v) is 4.21. The van der Waals surface area contributed by atoms with E-state index in [1.54, 1.807) is 43.3 Å². The largest absolute Gasteiger partial charge is 0.465 e. The van der Waals surface area contributed by atoms with E-state index in [0.717, 1.165) is 0 Å². The molecule has 1 saturated heterocycles. The maximum absolute atomic E-state index is 13.4. The molecule has 1 fully saturated rings. The predicted octanol–water partition coefficient (Wildman–Crippen LogP) is 1.87. The van der Waals surface area contributed by atoms with Gasteiger partial charge in [0.25, 0.3) is 23.3 Å². The summed E-state index contributed by atoms with van der Waals surface area (Å²) in [6, 6.07) is 10.1. The van der Waals surface area contributed by atoms with Gasteiger partial charge in [-0.1, -0.05) is 12.1 Å². The van der Waals surface area contributed by atoms with E-state index in [1.807, 2.05) is 0 Å². The second-order valence-electron chi connectivity index (χ2n) is 8.65. The molecular formula is C25H27N5O6. The Bertz CT molecular complexity index is 1240. The lowest BCUT2D eigenvalue weighted by Gasteiger charge is -2.37. The molecule has 0 radical (unpaired) electrons. The summed E-state index contributed by atoms with van der Waals surface area (Å²) in [5.41, 5.74) is 5.11. The maximum atomic E-state index is 13.4. The molecule has 2 heterocycles. The number of hydrogen-bond donors (Lipinski definition) is 4. The van der Waals surface area contributed by atoms with Crippen LogP contribution in [0.25, 0.3) is 0 Å². The number of likely N-dealkylation sites (tertiary alicyclic amines) is 1. The second kappa shape index (κ2) is 9.68. The molecular weight excluding hydrogens is 466 g/mol. The minimum absolute atomic E-state index is 0.101. The number of carbonyl (C=O) groups is 4. The number of carbonyl (C=O) groups excluding carboxylic acids is 4. The molecule has 3 amide bonds. The van der Waals surface area contributed by atoms with E-state index in [-0.39, 0.29) is 18.2 Å². The monoisotopic (exact) mass is 493 g/mol. The zero-order chi connectivity index (χ0) is 26.0. The Kier molecular flexibility index (Phi) is 6.65. The molecule has 0 aliphatic carbocycles. The first kappa shape index (κ1) is 24.7. The molecule has 0 spiro atoms. The number of amidine groups is 1. The summed E-state index contributed by atoms with van der Waals surface area (Å²) in [6.45, 7) is 3.54. The number of amides is 3. The van der Waals surface area contributed by atoms with E-state index < -0.39 is 35.3 Å². The summed E-state index contributed by atoms with van der Waals surface area (Å²) in [6.07, 6.45) is 1.05. The molecule has 0 bridgehead atoms. The van der Waals surface area contributed by atoms with E-state index in [4.69, 9.17) is 20.6 Å². The third kappa shape index (κ3) is 4.59. The summed E-state index contributed by atoms with van der Waals surface area (Å²) in [5, 5.41) is 12.9. The number of nitrogens with one attached hydrogen (secondary N) is 3. The average Bonchev–Trinajstić information content (AvgIpc) is 3.34. The Labute approximate surface area is 207 Å².